The van der Waals surface area contributed by atoms with Crippen molar-refractivity contribution in [3.05, 3.63) is 40.9 Å². The monoisotopic (exact) mass is 280 g/mol. The van der Waals surface area contributed by atoms with Crippen molar-refractivity contribution in [2.24, 2.45) is 0 Å². The van der Waals surface area contributed by atoms with Gasteiger partial charge in [0.1, 0.15) is 11.4 Å². The van der Waals surface area contributed by atoms with E-state index in [0.717, 1.165) is 0 Å². The Hall–Kier alpha value is -1.76. The first-order valence-electron chi connectivity index (χ1n) is 5.37. The lowest BCUT2D eigenvalue weighted by atomic mass is 9.88. The van der Waals surface area contributed by atoms with Crippen molar-refractivity contribution in [1.82, 2.24) is 0 Å². The molecule has 0 amide bonds. The van der Waals surface area contributed by atoms with E-state index in [1.807, 2.05) is 0 Å². The summed E-state index contributed by atoms with van der Waals surface area (Å²) in [4.78, 5) is 11.7. The molecule has 0 fully saturated rings. The Morgan fingerprint density at radius 2 is 2.05 bits per heavy atom. The molecule has 0 aliphatic carbocycles. The summed E-state index contributed by atoms with van der Waals surface area (Å²) in [5.74, 6) is -0.236. The highest BCUT2D eigenvalue weighted by atomic mass is 35.5. The molecule has 0 radical (unpaired) electrons. The molecule has 0 aliphatic heterocycles. The maximum absolute atomic E-state index is 11.7. The van der Waals surface area contributed by atoms with Crippen LogP contribution in [0.3, 0.4) is 0 Å². The number of methoxy groups -OCH3 is 1. The van der Waals surface area contributed by atoms with Crippen molar-refractivity contribution in [1.29, 1.82) is 0 Å². The van der Waals surface area contributed by atoms with Gasteiger partial charge in [0.25, 0.3) is 0 Å². The van der Waals surface area contributed by atoms with Gasteiger partial charge in [-0.15, -0.1) is 0 Å². The molecule has 7 heteroatoms. The van der Waals surface area contributed by atoms with E-state index in [2.05, 4.69) is 4.74 Å². The van der Waals surface area contributed by atoms with Crippen LogP contribution in [0, 0.1) is 0 Å². The van der Waals surface area contributed by atoms with Gasteiger partial charge in [0.2, 0.25) is 0 Å². The fraction of sp³-hybridized carbons (Fsp3) is 0.0833. The van der Waals surface area contributed by atoms with E-state index in [1.54, 1.807) is 12.1 Å². The number of esters is 1. The van der Waals surface area contributed by atoms with E-state index in [4.69, 9.17) is 26.1 Å². The van der Waals surface area contributed by atoms with Gasteiger partial charge in [-0.05, 0) is 30.3 Å². The Bertz CT molecular complexity index is 608. The fourth-order valence-corrected chi connectivity index (χ4v) is 1.82. The standard InChI is InChI=1S/C12H10BClO5/c1-18-12(15)9-6-7(14)2-3-8(9)10-4-5-11(19-10)13(16)17/h2-6,16-17H,1H3. The lowest BCUT2D eigenvalue weighted by Gasteiger charge is -2.06. The second-order valence-corrected chi connectivity index (χ2v) is 4.19. The third kappa shape index (κ3) is 2.81. The number of benzene rings is 1. The molecular weight excluding hydrogens is 270 g/mol. The minimum absolute atomic E-state index is 0.0132. The van der Waals surface area contributed by atoms with Crippen molar-refractivity contribution in [3.8, 4) is 11.3 Å². The number of ether oxygens (including phenoxy) is 1. The Balaban J connectivity index is 2.51. The summed E-state index contributed by atoms with van der Waals surface area (Å²) < 4.78 is 9.93. The van der Waals surface area contributed by atoms with Crippen LogP contribution in [0.2, 0.25) is 5.02 Å². The van der Waals surface area contributed by atoms with Crippen molar-refractivity contribution >= 4 is 30.3 Å². The zero-order chi connectivity index (χ0) is 14.0. The normalized spacial score (nSPS) is 10.3. The Kier molecular flexibility index (Phi) is 3.94. The minimum Gasteiger partial charge on any atom is -0.465 e. The lowest BCUT2D eigenvalue weighted by Crippen LogP contribution is -2.27. The summed E-state index contributed by atoms with van der Waals surface area (Å²) in [7, 11) is -0.444. The number of halogens is 1. The van der Waals surface area contributed by atoms with Crippen LogP contribution in [0.1, 0.15) is 10.4 Å². The molecule has 0 atom stereocenters. The maximum atomic E-state index is 11.7. The first-order valence-corrected chi connectivity index (χ1v) is 5.75. The van der Waals surface area contributed by atoms with Crippen molar-refractivity contribution in [3.63, 3.8) is 0 Å². The molecule has 1 aromatic heterocycles. The second-order valence-electron chi connectivity index (χ2n) is 3.76. The summed E-state index contributed by atoms with van der Waals surface area (Å²) in [5, 5.41) is 18.4. The van der Waals surface area contributed by atoms with Crippen molar-refractivity contribution in [2.75, 3.05) is 7.11 Å². The number of furan rings is 1. The van der Waals surface area contributed by atoms with Crippen LogP contribution in [0.5, 0.6) is 0 Å². The van der Waals surface area contributed by atoms with Gasteiger partial charge < -0.3 is 19.2 Å². The highest BCUT2D eigenvalue weighted by Crippen LogP contribution is 2.27. The molecular formula is C12H10BClO5. The molecule has 1 heterocycles. The third-order valence-corrected chi connectivity index (χ3v) is 2.77. The molecule has 1 aromatic carbocycles. The smallest absolute Gasteiger partial charge is 0.465 e. The number of carbonyl (C=O) groups excluding carboxylic acids is 1. The topological polar surface area (TPSA) is 79.9 Å². The van der Waals surface area contributed by atoms with E-state index in [9.17, 15) is 4.79 Å². The first-order chi connectivity index (χ1) is 9.02. The molecule has 0 saturated carbocycles. The van der Waals surface area contributed by atoms with Crippen LogP contribution >= 0.6 is 11.6 Å². The molecule has 2 rings (SSSR count). The van der Waals surface area contributed by atoms with Crippen LogP contribution in [0.4, 0.5) is 0 Å². The van der Waals surface area contributed by atoms with Crippen LogP contribution in [0.15, 0.2) is 34.7 Å². The van der Waals surface area contributed by atoms with E-state index in [1.165, 1.54) is 25.3 Å². The van der Waals surface area contributed by atoms with Crippen molar-refractivity contribution in [2.45, 2.75) is 0 Å². The minimum atomic E-state index is -1.71. The summed E-state index contributed by atoms with van der Waals surface area (Å²) >= 11 is 5.84. The molecule has 0 saturated heterocycles. The van der Waals surface area contributed by atoms with Crippen LogP contribution in [0.25, 0.3) is 11.3 Å². The van der Waals surface area contributed by atoms with E-state index >= 15 is 0 Å². The van der Waals surface area contributed by atoms with Crippen molar-refractivity contribution < 1.29 is 24.0 Å². The van der Waals surface area contributed by atoms with Gasteiger partial charge in [-0.2, -0.15) is 0 Å². The molecule has 0 unspecified atom stereocenters. The fourth-order valence-electron chi connectivity index (χ4n) is 1.65. The molecule has 5 nitrogen and oxygen atoms in total. The Morgan fingerprint density at radius 3 is 2.63 bits per heavy atom. The van der Waals surface area contributed by atoms with Gasteiger partial charge >= 0.3 is 13.1 Å². The van der Waals surface area contributed by atoms with Gasteiger partial charge in [-0.3, -0.25) is 0 Å². The maximum Gasteiger partial charge on any atom is 0.526 e. The Morgan fingerprint density at radius 1 is 1.32 bits per heavy atom. The Labute approximate surface area is 114 Å². The van der Waals surface area contributed by atoms with Gasteiger partial charge in [0.05, 0.1) is 12.7 Å². The quantitative estimate of drug-likeness (QED) is 0.649. The molecule has 2 N–H and O–H groups in total. The summed E-state index contributed by atoms with van der Waals surface area (Å²) in [6.07, 6.45) is 0. The molecule has 0 aliphatic rings. The van der Waals surface area contributed by atoms with Gasteiger partial charge in [-0.25, -0.2) is 4.79 Å². The highest BCUT2D eigenvalue weighted by Gasteiger charge is 2.20. The molecule has 0 bridgehead atoms. The number of rotatable bonds is 3. The van der Waals surface area contributed by atoms with Crippen LogP contribution in [-0.4, -0.2) is 30.2 Å². The van der Waals surface area contributed by atoms with Gasteiger partial charge in [0.15, 0.2) is 0 Å². The van der Waals surface area contributed by atoms with Crippen LogP contribution in [-0.2, 0) is 4.74 Å². The average Bonchev–Trinajstić information content (AvgIpc) is 2.87. The second kappa shape index (κ2) is 5.48. The number of hydrogen-bond donors (Lipinski definition) is 2. The predicted molar refractivity (Wildman–Crippen MR) is 70.3 cm³/mol. The SMILES string of the molecule is COC(=O)c1cc(Cl)ccc1-c1ccc(B(O)O)o1. The number of carbonyl (C=O) groups is 1. The van der Waals surface area contributed by atoms with Gasteiger partial charge in [0, 0.05) is 10.6 Å². The molecule has 98 valence electrons. The van der Waals surface area contributed by atoms with E-state index in [-0.39, 0.29) is 11.2 Å². The van der Waals surface area contributed by atoms with Crippen LogP contribution < -0.4 is 5.66 Å². The average molecular weight is 280 g/mol. The first kappa shape index (κ1) is 13.7. The zero-order valence-electron chi connectivity index (χ0n) is 9.96. The summed E-state index contributed by atoms with van der Waals surface area (Å²) in [6.45, 7) is 0. The highest BCUT2D eigenvalue weighted by molar-refractivity contribution is 6.57. The van der Waals surface area contributed by atoms with E-state index in [0.29, 0.717) is 16.3 Å². The zero-order valence-corrected chi connectivity index (χ0v) is 10.7. The third-order valence-electron chi connectivity index (χ3n) is 2.53. The molecule has 2 aromatic rings. The van der Waals surface area contributed by atoms with E-state index < -0.39 is 13.1 Å². The number of hydrogen-bond acceptors (Lipinski definition) is 5. The molecule has 0 spiro atoms. The van der Waals surface area contributed by atoms with Gasteiger partial charge in [-0.1, -0.05) is 11.6 Å². The largest absolute Gasteiger partial charge is 0.526 e. The summed E-state index contributed by atoms with van der Waals surface area (Å²) in [5.41, 5.74) is 0.687. The molecule has 19 heavy (non-hydrogen) atoms. The summed E-state index contributed by atoms with van der Waals surface area (Å²) in [6, 6.07) is 7.60. The lowest BCUT2D eigenvalue weighted by molar-refractivity contribution is 0.0601. The predicted octanol–water partition coefficient (Wildman–Crippen LogP) is 1.07.